The second-order valence-electron chi connectivity index (χ2n) is 11.3. The number of aromatic hydroxyl groups is 1. The molecule has 7 nitrogen and oxygen atoms in total. The Morgan fingerprint density at radius 1 is 1.26 bits per heavy atom. The predicted octanol–water partition coefficient (Wildman–Crippen LogP) is 3.52. The molecule has 35 heavy (non-hydrogen) atoms. The molecule has 3 aliphatic carbocycles. The van der Waals surface area contributed by atoms with Crippen molar-refractivity contribution in [1.29, 1.82) is 0 Å². The van der Waals surface area contributed by atoms with Gasteiger partial charge in [0.1, 0.15) is 12.1 Å². The van der Waals surface area contributed by atoms with Crippen molar-refractivity contribution in [2.75, 3.05) is 20.2 Å². The minimum atomic E-state index is -0.828. The number of aliphatic carboxylic acids is 1. The molecule has 1 spiro atoms. The number of benzene rings is 1. The van der Waals surface area contributed by atoms with Gasteiger partial charge in [0.15, 0.2) is 11.5 Å². The van der Waals surface area contributed by atoms with Crippen molar-refractivity contribution in [1.82, 2.24) is 10.2 Å². The number of carbonyl (C=O) groups is 1. The number of methoxy groups -OCH3 is 1. The van der Waals surface area contributed by atoms with Gasteiger partial charge in [-0.25, -0.2) is 0 Å². The maximum absolute atomic E-state index is 12.0. The van der Waals surface area contributed by atoms with Crippen LogP contribution in [0.5, 0.6) is 11.5 Å². The van der Waals surface area contributed by atoms with Gasteiger partial charge in [-0.1, -0.05) is 19.9 Å². The Bertz CT molecular complexity index is 989. The lowest BCUT2D eigenvalue weighted by molar-refractivity contribution is -0.208. The Morgan fingerprint density at radius 3 is 2.63 bits per heavy atom. The molecule has 2 heterocycles. The first kappa shape index (κ1) is 26.8. The molecule has 3 N–H and O–H groups in total. The Hall–Kier alpha value is -1.25. The molecule has 1 saturated heterocycles. The van der Waals surface area contributed by atoms with Crippen LogP contribution in [0.2, 0.25) is 0 Å². The van der Waals surface area contributed by atoms with Gasteiger partial charge < -0.3 is 19.7 Å². The molecule has 2 saturated carbocycles. The highest BCUT2D eigenvalue weighted by Crippen LogP contribution is 2.66. The Kier molecular flexibility index (Phi) is 7.08. The number of ether oxygens (including phenoxy) is 2. The van der Waals surface area contributed by atoms with Crippen molar-refractivity contribution in [3.8, 4) is 11.5 Å². The third-order valence-electron chi connectivity index (χ3n) is 9.41. The van der Waals surface area contributed by atoms with E-state index in [0.29, 0.717) is 5.75 Å². The van der Waals surface area contributed by atoms with Gasteiger partial charge >= 0.3 is 5.97 Å². The molecule has 9 heteroatoms. The standard InChI is InChI=1S/C26H36N2O5.2ClH/c1-14(2)21(24(30)31)27-17-8-9-26(32-3)19-12-16-6-7-18(29)22-20(16)25(26,23(17)33-22)10-11-28(19)13-15-4-5-15;;/h6-7,14-15,17,19,21,23,27,29H,4-5,8-13H2,1-3H3,(H,30,31);2*1H/t17-,19+,21+,23-,25-,26+;;/m0../s1. The van der Waals surface area contributed by atoms with Crippen LogP contribution in [0.1, 0.15) is 57.1 Å². The van der Waals surface area contributed by atoms with Crippen LogP contribution < -0.4 is 10.1 Å². The quantitative estimate of drug-likeness (QED) is 0.498. The summed E-state index contributed by atoms with van der Waals surface area (Å²) in [5, 5.41) is 24.1. The van der Waals surface area contributed by atoms with Crippen molar-refractivity contribution in [3.63, 3.8) is 0 Å². The number of nitrogens with zero attached hydrogens (tertiary/aromatic N) is 1. The highest BCUT2D eigenvalue weighted by molar-refractivity contribution is 5.85. The van der Waals surface area contributed by atoms with Gasteiger partial charge in [0, 0.05) is 31.3 Å². The molecule has 6 atom stereocenters. The zero-order valence-electron chi connectivity index (χ0n) is 20.7. The zero-order chi connectivity index (χ0) is 23.1. The first-order valence-electron chi connectivity index (χ1n) is 12.6. The van der Waals surface area contributed by atoms with Gasteiger partial charge in [-0.3, -0.25) is 15.0 Å². The first-order valence-corrected chi connectivity index (χ1v) is 12.6. The number of piperidine rings is 1. The van der Waals surface area contributed by atoms with Crippen LogP contribution in [0.4, 0.5) is 0 Å². The second-order valence-corrected chi connectivity index (χ2v) is 11.3. The lowest BCUT2D eigenvalue weighted by atomic mass is 9.48. The molecule has 196 valence electrons. The van der Waals surface area contributed by atoms with Crippen molar-refractivity contribution in [2.24, 2.45) is 11.8 Å². The van der Waals surface area contributed by atoms with Crippen LogP contribution in [0.25, 0.3) is 0 Å². The Balaban J connectivity index is 0.00000144. The fourth-order valence-corrected chi connectivity index (χ4v) is 7.82. The summed E-state index contributed by atoms with van der Waals surface area (Å²) in [6.45, 7) is 5.99. The van der Waals surface area contributed by atoms with Crippen LogP contribution in [0, 0.1) is 11.8 Å². The molecule has 0 unspecified atom stereocenters. The summed E-state index contributed by atoms with van der Waals surface area (Å²) >= 11 is 0. The van der Waals surface area contributed by atoms with E-state index >= 15 is 0 Å². The number of halogens is 2. The van der Waals surface area contributed by atoms with Gasteiger partial charge in [-0.2, -0.15) is 0 Å². The van der Waals surface area contributed by atoms with Crippen LogP contribution >= 0.6 is 24.8 Å². The zero-order valence-corrected chi connectivity index (χ0v) is 22.3. The smallest absolute Gasteiger partial charge is 0.320 e. The summed E-state index contributed by atoms with van der Waals surface area (Å²) in [5.74, 6) is 0.713. The number of hydrogen-bond acceptors (Lipinski definition) is 6. The van der Waals surface area contributed by atoms with E-state index in [1.54, 1.807) is 6.07 Å². The van der Waals surface area contributed by atoms with E-state index in [1.165, 1.54) is 18.4 Å². The van der Waals surface area contributed by atoms with Gasteiger partial charge in [0.05, 0.1) is 11.0 Å². The van der Waals surface area contributed by atoms with Gasteiger partial charge in [0.2, 0.25) is 0 Å². The number of likely N-dealkylation sites (tertiary alicyclic amines) is 1. The number of carboxylic acids is 1. The van der Waals surface area contributed by atoms with E-state index in [2.05, 4.69) is 16.3 Å². The molecule has 2 aliphatic heterocycles. The van der Waals surface area contributed by atoms with Crippen LogP contribution in [-0.2, 0) is 21.4 Å². The SMILES string of the molecule is CO[C@@]12CC[C@H](N[C@@H](C(=O)O)C(C)C)[C@@H]3Oc4c(O)ccc5c4[C@@]31CCN(CC1CC1)[C@@H]2C5.Cl.Cl. The molecular weight excluding hydrogens is 491 g/mol. The van der Waals surface area contributed by atoms with Gasteiger partial charge in [0.25, 0.3) is 0 Å². The molecule has 6 rings (SSSR count). The van der Waals surface area contributed by atoms with Crippen molar-refractivity contribution >= 4 is 30.8 Å². The number of phenols is 1. The maximum atomic E-state index is 12.0. The summed E-state index contributed by atoms with van der Waals surface area (Å²) in [7, 11) is 1.85. The van der Waals surface area contributed by atoms with E-state index in [1.807, 2.05) is 21.0 Å². The average molecular weight is 530 g/mol. The topological polar surface area (TPSA) is 91.3 Å². The Morgan fingerprint density at radius 2 is 2.00 bits per heavy atom. The summed E-state index contributed by atoms with van der Waals surface area (Å²) < 4.78 is 13.2. The molecule has 1 aromatic rings. The highest BCUT2D eigenvalue weighted by Gasteiger charge is 2.74. The summed E-state index contributed by atoms with van der Waals surface area (Å²) in [6, 6.07) is 3.34. The largest absolute Gasteiger partial charge is 0.504 e. The monoisotopic (exact) mass is 528 g/mol. The maximum Gasteiger partial charge on any atom is 0.320 e. The molecule has 0 radical (unpaired) electrons. The molecule has 1 aromatic carbocycles. The molecule has 0 amide bonds. The highest BCUT2D eigenvalue weighted by atomic mass is 35.5. The van der Waals surface area contributed by atoms with E-state index in [9.17, 15) is 15.0 Å². The van der Waals surface area contributed by atoms with E-state index in [0.717, 1.165) is 50.3 Å². The third-order valence-corrected chi connectivity index (χ3v) is 9.41. The number of carboxylic acid groups (broad SMARTS) is 1. The molecule has 0 aromatic heterocycles. The van der Waals surface area contributed by atoms with Crippen molar-refractivity contribution < 1.29 is 24.5 Å². The van der Waals surface area contributed by atoms with E-state index in [4.69, 9.17) is 9.47 Å². The number of nitrogens with one attached hydrogen (secondary N) is 1. The number of rotatable bonds is 7. The Labute approximate surface area is 219 Å². The summed E-state index contributed by atoms with van der Waals surface area (Å²) in [5.41, 5.74) is 1.60. The second kappa shape index (κ2) is 9.25. The predicted molar refractivity (Wildman–Crippen MR) is 137 cm³/mol. The number of hydrogen-bond donors (Lipinski definition) is 3. The summed E-state index contributed by atoms with van der Waals surface area (Å²) in [4.78, 5) is 14.7. The van der Waals surface area contributed by atoms with E-state index < -0.39 is 17.6 Å². The lowest BCUT2D eigenvalue weighted by Crippen LogP contribution is -2.79. The minimum Gasteiger partial charge on any atom is -0.504 e. The van der Waals surface area contributed by atoms with Crippen LogP contribution in [-0.4, -0.2) is 71.1 Å². The number of phenolic OH excluding ortho intramolecular Hbond substituents is 1. The molecule has 3 fully saturated rings. The van der Waals surface area contributed by atoms with E-state index in [-0.39, 0.29) is 60.1 Å². The van der Waals surface area contributed by atoms with Gasteiger partial charge in [-0.15, -0.1) is 24.8 Å². The lowest BCUT2D eigenvalue weighted by Gasteiger charge is -2.66. The van der Waals surface area contributed by atoms with Gasteiger partial charge in [-0.05, 0) is 68.5 Å². The fourth-order valence-electron chi connectivity index (χ4n) is 7.82. The summed E-state index contributed by atoms with van der Waals surface area (Å²) in [6.07, 6.45) is 5.83. The van der Waals surface area contributed by atoms with Crippen LogP contribution in [0.3, 0.4) is 0 Å². The van der Waals surface area contributed by atoms with Crippen molar-refractivity contribution in [3.05, 3.63) is 23.3 Å². The first-order chi connectivity index (χ1) is 15.8. The van der Waals surface area contributed by atoms with Crippen LogP contribution in [0.15, 0.2) is 12.1 Å². The molecule has 5 aliphatic rings. The fraction of sp³-hybridized carbons (Fsp3) is 0.731. The molecular formula is C26H38Cl2N2O5. The minimum absolute atomic E-state index is 0. The third kappa shape index (κ3) is 3.60. The average Bonchev–Trinajstić information content (AvgIpc) is 3.53. The molecule has 2 bridgehead atoms. The van der Waals surface area contributed by atoms with Crippen molar-refractivity contribution in [2.45, 2.75) is 87.6 Å². The normalized spacial score (nSPS) is 35.4.